The van der Waals surface area contributed by atoms with Gasteiger partial charge in [0.25, 0.3) is 6.54 Å². The quantitative estimate of drug-likeness (QED) is 0.354. The molecule has 1 heterocycles. The molecule has 3 nitrogen and oxygen atoms in total. The van der Waals surface area contributed by atoms with Crippen molar-refractivity contribution in [3.8, 4) is 0 Å². The first-order valence-electron chi connectivity index (χ1n) is 2.10. The van der Waals surface area contributed by atoms with Crippen LogP contribution in [0, 0.1) is 4.91 Å². The van der Waals surface area contributed by atoms with E-state index in [9.17, 15) is 9.70 Å². The Bertz CT molecular complexity index is 163. The summed E-state index contributed by atoms with van der Waals surface area (Å²) >= 11 is 0.998. The van der Waals surface area contributed by atoms with Gasteiger partial charge in [-0.05, 0) is 0 Å². The minimum Gasteiger partial charge on any atom is -0.287 e. The summed E-state index contributed by atoms with van der Waals surface area (Å²) in [6, 6.07) is 0. The Hall–Kier alpha value is -0.640. The molecule has 1 rings (SSSR count). The molecule has 0 amide bonds. The van der Waals surface area contributed by atoms with Gasteiger partial charge < -0.3 is 0 Å². The van der Waals surface area contributed by atoms with E-state index < -0.39 is 0 Å². The topological polar surface area (TPSA) is 37.1 Å². The molecule has 8 heavy (non-hydrogen) atoms. The molecule has 0 N–H and O–H groups in total. The number of nitroso groups, excluding NO2 is 1. The zero-order valence-corrected chi connectivity index (χ0v) is 4.85. The van der Waals surface area contributed by atoms with Gasteiger partial charge in [-0.3, -0.25) is 4.79 Å². The molecular formula is C4H4NO2S+. The highest BCUT2D eigenvalue weighted by atomic mass is 32.2. The molecule has 0 radical (unpaired) electrons. The van der Waals surface area contributed by atoms with Crippen molar-refractivity contribution in [2.75, 3.05) is 6.54 Å². The van der Waals surface area contributed by atoms with Gasteiger partial charge in [0.1, 0.15) is 0 Å². The highest BCUT2D eigenvalue weighted by Crippen LogP contribution is 2.07. The molecule has 42 valence electrons. The molecule has 0 unspecified atom stereocenters. The second-order valence-corrected chi connectivity index (χ2v) is 2.26. The van der Waals surface area contributed by atoms with Gasteiger partial charge in [-0.25, -0.2) is 0 Å². The van der Waals surface area contributed by atoms with Gasteiger partial charge in [-0.1, -0.05) is 0 Å². The summed E-state index contributed by atoms with van der Waals surface area (Å²) < 4.78 is 0.641. The van der Waals surface area contributed by atoms with Crippen molar-refractivity contribution in [3.63, 3.8) is 0 Å². The molecule has 0 aromatic carbocycles. The molecule has 0 saturated heterocycles. The molecule has 4 heteroatoms. The summed E-state index contributed by atoms with van der Waals surface area (Å²) in [5.74, 6) is -0.126. The van der Waals surface area contributed by atoms with Crippen molar-refractivity contribution in [2.45, 2.75) is 0 Å². The second kappa shape index (κ2) is 2.09. The van der Waals surface area contributed by atoms with Crippen molar-refractivity contribution in [1.82, 2.24) is 0 Å². The van der Waals surface area contributed by atoms with Gasteiger partial charge in [-0.15, -0.1) is 0 Å². The third kappa shape index (κ3) is 1.16. The van der Waals surface area contributed by atoms with Crippen LogP contribution >= 0.6 is 11.9 Å². The number of carbonyl (C=O) groups excluding carboxylic acids is 1. The molecular weight excluding hydrogens is 126 g/mol. The fourth-order valence-corrected chi connectivity index (χ4v) is 0.942. The normalized spacial score (nSPS) is 19.5. The third-order valence-electron chi connectivity index (χ3n) is 0.717. The molecule has 0 saturated carbocycles. The molecule has 0 fully saturated rings. The van der Waals surface area contributed by atoms with Crippen LogP contribution in [0.3, 0.4) is 0 Å². The van der Waals surface area contributed by atoms with E-state index in [1.807, 2.05) is 0 Å². The summed E-state index contributed by atoms with van der Waals surface area (Å²) in [5.41, 5.74) is 0. The lowest BCUT2D eigenvalue weighted by Crippen LogP contribution is -2.12. The van der Waals surface area contributed by atoms with Crippen molar-refractivity contribution >= 4 is 17.7 Å². The molecule has 0 atom stereocenters. The van der Waals surface area contributed by atoms with Gasteiger partial charge in [-0.2, -0.15) is 0 Å². The average Bonchev–Trinajstić information content (AvgIpc) is 1.64. The Kier molecular flexibility index (Phi) is 1.43. The summed E-state index contributed by atoms with van der Waals surface area (Å²) in [7, 11) is 0. The van der Waals surface area contributed by atoms with Gasteiger partial charge in [0, 0.05) is 16.4 Å². The van der Waals surface area contributed by atoms with E-state index in [4.69, 9.17) is 0 Å². The first-order valence-corrected chi connectivity index (χ1v) is 2.93. The Morgan fingerprint density at radius 3 is 2.88 bits per heavy atom. The van der Waals surface area contributed by atoms with Gasteiger partial charge >= 0.3 is 0 Å². The lowest BCUT2D eigenvalue weighted by Gasteiger charge is -1.87. The molecule has 0 bridgehead atoms. The minimum atomic E-state index is -0.126. The first-order chi connectivity index (χ1) is 3.79. The van der Waals surface area contributed by atoms with Gasteiger partial charge in [0.2, 0.25) is 17.7 Å². The number of carbonyl (C=O) groups is 1. The van der Waals surface area contributed by atoms with Gasteiger partial charge in [0.05, 0.1) is 4.17 Å². The number of hydrogen-bond acceptors (Lipinski definition) is 3. The molecule has 1 aliphatic heterocycles. The van der Waals surface area contributed by atoms with Crippen LogP contribution in [0.25, 0.3) is 0 Å². The number of ketones is 1. The summed E-state index contributed by atoms with van der Waals surface area (Å²) in [6.45, 7) is -0.0127. The van der Waals surface area contributed by atoms with E-state index in [-0.39, 0.29) is 12.3 Å². The maximum absolute atomic E-state index is 10.3. The van der Waals surface area contributed by atoms with Crippen LogP contribution in [0.5, 0.6) is 0 Å². The number of nitrogens with zero attached hydrogens (tertiary/aromatic N) is 1. The lowest BCUT2D eigenvalue weighted by atomic mass is 10.4. The summed E-state index contributed by atoms with van der Waals surface area (Å²) in [4.78, 5) is 20.6. The molecule has 0 aliphatic carbocycles. The fraction of sp³-hybridized carbons (Fsp3) is 0.250. The third-order valence-corrected chi connectivity index (χ3v) is 1.34. The number of rotatable bonds is 0. The minimum absolute atomic E-state index is 0.0127. The van der Waals surface area contributed by atoms with E-state index in [1.54, 1.807) is 0 Å². The van der Waals surface area contributed by atoms with Gasteiger partial charge in [0.15, 0.2) is 0 Å². The zero-order valence-electron chi connectivity index (χ0n) is 4.03. The standard InChI is InChI=1S/C4H4NO2S/c6-4-1-2-8-5(7)3-4/h1-2H,3H2/q+1. The van der Waals surface area contributed by atoms with Crippen LogP contribution in [-0.2, 0) is 4.79 Å². The van der Waals surface area contributed by atoms with Crippen molar-refractivity contribution in [3.05, 3.63) is 16.4 Å². The second-order valence-electron chi connectivity index (χ2n) is 1.37. The Labute approximate surface area is 50.5 Å². The van der Waals surface area contributed by atoms with Crippen molar-refractivity contribution in [1.29, 1.82) is 0 Å². The predicted molar refractivity (Wildman–Crippen MR) is 30.2 cm³/mol. The van der Waals surface area contributed by atoms with E-state index in [2.05, 4.69) is 0 Å². The van der Waals surface area contributed by atoms with E-state index >= 15 is 0 Å². The van der Waals surface area contributed by atoms with Crippen LogP contribution in [0.1, 0.15) is 0 Å². The predicted octanol–water partition coefficient (Wildman–Crippen LogP) is 0.510. The van der Waals surface area contributed by atoms with Crippen molar-refractivity contribution in [2.24, 2.45) is 0 Å². The maximum atomic E-state index is 10.3. The molecule has 0 spiro atoms. The van der Waals surface area contributed by atoms with E-state index in [0.717, 1.165) is 11.9 Å². The lowest BCUT2D eigenvalue weighted by molar-refractivity contribution is -0.357. The van der Waals surface area contributed by atoms with Crippen molar-refractivity contribution < 1.29 is 8.96 Å². The Balaban J connectivity index is 2.68. The first kappa shape index (κ1) is 5.50. The maximum Gasteiger partial charge on any atom is 0.269 e. The smallest absolute Gasteiger partial charge is 0.269 e. The van der Waals surface area contributed by atoms with E-state index in [0.29, 0.717) is 4.17 Å². The average molecular weight is 130 g/mol. The Morgan fingerprint density at radius 2 is 2.50 bits per heavy atom. The highest BCUT2D eigenvalue weighted by molar-refractivity contribution is 7.96. The van der Waals surface area contributed by atoms with E-state index in [1.165, 1.54) is 11.5 Å². The largest absolute Gasteiger partial charge is 0.287 e. The molecule has 0 aromatic heterocycles. The number of hydrogen-bond donors (Lipinski definition) is 0. The van der Waals surface area contributed by atoms with Crippen LogP contribution in [0.2, 0.25) is 0 Å². The molecule has 0 aromatic rings. The summed E-state index contributed by atoms with van der Waals surface area (Å²) in [6.07, 6.45) is 1.40. The SMILES string of the molecule is O=C1C=CS[N+](=O)C1. The zero-order chi connectivity index (χ0) is 5.98. The van der Waals surface area contributed by atoms with Crippen LogP contribution < -0.4 is 0 Å². The fourth-order valence-electron chi connectivity index (χ4n) is 0.391. The van der Waals surface area contributed by atoms with Crippen LogP contribution in [0.4, 0.5) is 0 Å². The molecule has 1 aliphatic rings. The Morgan fingerprint density at radius 1 is 1.75 bits per heavy atom. The highest BCUT2D eigenvalue weighted by Gasteiger charge is 2.18. The van der Waals surface area contributed by atoms with Crippen LogP contribution in [0.15, 0.2) is 11.5 Å². The van der Waals surface area contributed by atoms with Crippen LogP contribution in [-0.4, -0.2) is 16.5 Å². The summed E-state index contributed by atoms with van der Waals surface area (Å²) in [5, 5.41) is 1.48. The monoisotopic (exact) mass is 130 g/mol.